The van der Waals surface area contributed by atoms with Crippen molar-refractivity contribution in [1.29, 1.82) is 0 Å². The number of fused-ring (bicyclic) bond motifs is 1. The van der Waals surface area contributed by atoms with E-state index in [0.29, 0.717) is 12.3 Å². The maximum absolute atomic E-state index is 10.4. The number of pyridine rings is 2. The van der Waals surface area contributed by atoms with Gasteiger partial charge in [-0.15, -0.1) is 0 Å². The second-order valence-corrected chi connectivity index (χ2v) is 4.88. The molecule has 1 aromatic carbocycles. The van der Waals surface area contributed by atoms with E-state index in [1.807, 2.05) is 36.4 Å². The van der Waals surface area contributed by atoms with E-state index >= 15 is 0 Å². The molecular weight excluding hydrogens is 264 g/mol. The van der Waals surface area contributed by atoms with Gasteiger partial charge >= 0.3 is 0 Å². The molecule has 21 heavy (non-hydrogen) atoms. The molecule has 0 fully saturated rings. The molecule has 1 unspecified atom stereocenters. The predicted octanol–water partition coefficient (Wildman–Crippen LogP) is 2.91. The monoisotopic (exact) mass is 280 g/mol. The zero-order chi connectivity index (χ0) is 14.7. The van der Waals surface area contributed by atoms with Gasteiger partial charge in [-0.05, 0) is 29.3 Å². The molecule has 0 bridgehead atoms. The van der Waals surface area contributed by atoms with Crippen molar-refractivity contribution in [2.45, 2.75) is 12.5 Å². The standard InChI is InChI=1S/C17H16N2O2/c1-21-17-7-4-12(11-19-17)9-16(20)14-5-6-15-13(10-14)3-2-8-18-15/h2-8,10-11,16,20H,9H2,1H3. The summed E-state index contributed by atoms with van der Waals surface area (Å²) < 4.78 is 5.03. The first-order valence-corrected chi connectivity index (χ1v) is 6.78. The quantitative estimate of drug-likeness (QED) is 0.798. The van der Waals surface area contributed by atoms with Gasteiger partial charge in [0, 0.05) is 30.3 Å². The molecule has 2 heterocycles. The molecule has 1 atom stereocenters. The van der Waals surface area contributed by atoms with Crippen molar-refractivity contribution in [2.24, 2.45) is 0 Å². The molecule has 4 heteroatoms. The SMILES string of the molecule is COc1ccc(CC(O)c2ccc3ncccc3c2)cn1. The molecule has 3 rings (SSSR count). The minimum Gasteiger partial charge on any atom is -0.481 e. The minimum atomic E-state index is -0.565. The summed E-state index contributed by atoms with van der Waals surface area (Å²) in [5, 5.41) is 11.4. The number of hydrogen-bond acceptors (Lipinski definition) is 4. The van der Waals surface area contributed by atoms with E-state index in [1.54, 1.807) is 25.6 Å². The van der Waals surface area contributed by atoms with Crippen LogP contribution in [0.2, 0.25) is 0 Å². The molecule has 4 nitrogen and oxygen atoms in total. The Morgan fingerprint density at radius 2 is 2.05 bits per heavy atom. The zero-order valence-electron chi connectivity index (χ0n) is 11.7. The van der Waals surface area contributed by atoms with E-state index in [9.17, 15) is 5.11 Å². The Kier molecular flexibility index (Phi) is 3.79. The molecule has 0 spiro atoms. The maximum Gasteiger partial charge on any atom is 0.212 e. The molecule has 0 amide bonds. The van der Waals surface area contributed by atoms with E-state index in [-0.39, 0.29) is 0 Å². The van der Waals surface area contributed by atoms with Crippen LogP contribution in [0.15, 0.2) is 54.9 Å². The van der Waals surface area contributed by atoms with Crippen molar-refractivity contribution in [3.63, 3.8) is 0 Å². The third kappa shape index (κ3) is 3.01. The minimum absolute atomic E-state index is 0.517. The van der Waals surface area contributed by atoms with E-state index in [0.717, 1.165) is 22.0 Å². The van der Waals surface area contributed by atoms with Crippen LogP contribution < -0.4 is 4.74 Å². The van der Waals surface area contributed by atoms with Gasteiger partial charge in [0.05, 0.1) is 18.7 Å². The lowest BCUT2D eigenvalue weighted by Gasteiger charge is -2.12. The first kappa shape index (κ1) is 13.5. The Morgan fingerprint density at radius 1 is 1.14 bits per heavy atom. The van der Waals surface area contributed by atoms with Gasteiger partial charge < -0.3 is 9.84 Å². The first-order chi connectivity index (χ1) is 10.3. The molecule has 3 aromatic rings. The Labute approximate surface area is 123 Å². The fourth-order valence-electron chi connectivity index (χ4n) is 2.29. The molecule has 0 saturated heterocycles. The molecule has 0 aliphatic heterocycles. The highest BCUT2D eigenvalue weighted by molar-refractivity contribution is 5.79. The summed E-state index contributed by atoms with van der Waals surface area (Å²) in [6.07, 6.45) is 3.44. The summed E-state index contributed by atoms with van der Waals surface area (Å²) in [5.74, 6) is 0.574. The fraction of sp³-hybridized carbons (Fsp3) is 0.176. The van der Waals surface area contributed by atoms with Crippen LogP contribution in [0, 0.1) is 0 Å². The molecule has 0 aliphatic rings. The van der Waals surface area contributed by atoms with Crippen molar-refractivity contribution in [3.8, 4) is 5.88 Å². The summed E-state index contributed by atoms with van der Waals surface area (Å²) >= 11 is 0. The lowest BCUT2D eigenvalue weighted by Crippen LogP contribution is -2.02. The number of aliphatic hydroxyl groups excluding tert-OH is 1. The van der Waals surface area contributed by atoms with Gasteiger partial charge in [-0.25, -0.2) is 4.98 Å². The van der Waals surface area contributed by atoms with E-state index < -0.39 is 6.10 Å². The first-order valence-electron chi connectivity index (χ1n) is 6.78. The van der Waals surface area contributed by atoms with E-state index in [2.05, 4.69) is 9.97 Å². The van der Waals surface area contributed by atoms with Gasteiger partial charge in [0.15, 0.2) is 0 Å². The van der Waals surface area contributed by atoms with Crippen LogP contribution in [0.3, 0.4) is 0 Å². The summed E-state index contributed by atoms with van der Waals surface area (Å²) in [4.78, 5) is 8.43. The molecule has 0 aliphatic carbocycles. The van der Waals surface area contributed by atoms with Crippen LogP contribution in [0.4, 0.5) is 0 Å². The van der Waals surface area contributed by atoms with Crippen LogP contribution >= 0.6 is 0 Å². The highest BCUT2D eigenvalue weighted by Crippen LogP contribution is 2.22. The normalized spacial score (nSPS) is 12.3. The second kappa shape index (κ2) is 5.89. The number of aliphatic hydroxyl groups is 1. The van der Waals surface area contributed by atoms with Gasteiger partial charge in [0.25, 0.3) is 0 Å². The van der Waals surface area contributed by atoms with Gasteiger partial charge in [-0.3, -0.25) is 4.98 Å². The molecular formula is C17H16N2O2. The van der Waals surface area contributed by atoms with Gasteiger partial charge in [-0.1, -0.05) is 18.2 Å². The third-order valence-electron chi connectivity index (χ3n) is 3.45. The highest BCUT2D eigenvalue weighted by Gasteiger charge is 2.10. The van der Waals surface area contributed by atoms with Crippen molar-refractivity contribution < 1.29 is 9.84 Å². The Balaban J connectivity index is 1.80. The van der Waals surface area contributed by atoms with Crippen molar-refractivity contribution in [2.75, 3.05) is 7.11 Å². The van der Waals surface area contributed by atoms with Crippen LogP contribution in [-0.2, 0) is 6.42 Å². The van der Waals surface area contributed by atoms with Gasteiger partial charge in [-0.2, -0.15) is 0 Å². The summed E-state index contributed by atoms with van der Waals surface area (Å²) in [6.45, 7) is 0. The average Bonchev–Trinajstić information content (AvgIpc) is 2.55. The van der Waals surface area contributed by atoms with Crippen LogP contribution in [0.5, 0.6) is 5.88 Å². The lowest BCUT2D eigenvalue weighted by molar-refractivity contribution is 0.178. The van der Waals surface area contributed by atoms with Crippen molar-refractivity contribution >= 4 is 10.9 Å². The Morgan fingerprint density at radius 3 is 2.81 bits per heavy atom. The molecule has 1 N–H and O–H groups in total. The molecule has 2 aromatic heterocycles. The second-order valence-electron chi connectivity index (χ2n) is 4.88. The average molecular weight is 280 g/mol. The van der Waals surface area contributed by atoms with Gasteiger partial charge in [0.1, 0.15) is 0 Å². The highest BCUT2D eigenvalue weighted by atomic mass is 16.5. The maximum atomic E-state index is 10.4. The topological polar surface area (TPSA) is 55.2 Å². The Bertz CT molecular complexity index is 741. The summed E-state index contributed by atoms with van der Waals surface area (Å²) in [6, 6.07) is 13.4. The van der Waals surface area contributed by atoms with Crippen molar-refractivity contribution in [3.05, 3.63) is 66.0 Å². The zero-order valence-corrected chi connectivity index (χ0v) is 11.7. The molecule has 0 saturated carbocycles. The Hall–Kier alpha value is -2.46. The number of nitrogens with zero attached hydrogens (tertiary/aromatic N) is 2. The molecule has 0 radical (unpaired) electrons. The van der Waals surface area contributed by atoms with Crippen molar-refractivity contribution in [1.82, 2.24) is 9.97 Å². The van der Waals surface area contributed by atoms with E-state index in [1.165, 1.54) is 0 Å². The van der Waals surface area contributed by atoms with Gasteiger partial charge in [0.2, 0.25) is 5.88 Å². The third-order valence-corrected chi connectivity index (χ3v) is 3.45. The smallest absolute Gasteiger partial charge is 0.212 e. The van der Waals surface area contributed by atoms with Crippen LogP contribution in [0.1, 0.15) is 17.2 Å². The van der Waals surface area contributed by atoms with E-state index in [4.69, 9.17) is 4.74 Å². The number of ether oxygens (including phenoxy) is 1. The van der Waals surface area contributed by atoms with Crippen LogP contribution in [-0.4, -0.2) is 22.2 Å². The summed E-state index contributed by atoms with van der Waals surface area (Å²) in [7, 11) is 1.58. The predicted molar refractivity (Wildman–Crippen MR) is 81.2 cm³/mol. The lowest BCUT2D eigenvalue weighted by atomic mass is 10.0. The molecule has 106 valence electrons. The largest absolute Gasteiger partial charge is 0.481 e. The number of aromatic nitrogens is 2. The number of rotatable bonds is 4. The number of hydrogen-bond donors (Lipinski definition) is 1. The fourth-order valence-corrected chi connectivity index (χ4v) is 2.29. The number of methoxy groups -OCH3 is 1. The number of benzene rings is 1. The van der Waals surface area contributed by atoms with Crippen LogP contribution in [0.25, 0.3) is 10.9 Å². The summed E-state index contributed by atoms with van der Waals surface area (Å²) in [5.41, 5.74) is 2.78.